The Balaban J connectivity index is 1.75. The van der Waals surface area contributed by atoms with E-state index in [0.717, 1.165) is 23.7 Å². The maximum atomic E-state index is 5.75. The fourth-order valence-electron chi connectivity index (χ4n) is 2.21. The van der Waals surface area contributed by atoms with Crippen molar-refractivity contribution in [3.05, 3.63) is 34.3 Å². The molecule has 0 saturated carbocycles. The van der Waals surface area contributed by atoms with E-state index in [1.54, 1.807) is 0 Å². The molecule has 3 rings (SSSR count). The summed E-state index contributed by atoms with van der Waals surface area (Å²) in [7, 11) is 1.89. The number of hydrogen-bond acceptors (Lipinski definition) is 5. The molecule has 0 radical (unpaired) electrons. The molecule has 2 aromatic rings. The number of rotatable bonds is 4. The van der Waals surface area contributed by atoms with Gasteiger partial charge in [-0.05, 0) is 49.6 Å². The lowest BCUT2D eigenvalue weighted by Gasteiger charge is -2.03. The highest BCUT2D eigenvalue weighted by molar-refractivity contribution is 7.13. The molecule has 1 heterocycles. The van der Waals surface area contributed by atoms with Crippen molar-refractivity contribution in [3.63, 3.8) is 0 Å². The summed E-state index contributed by atoms with van der Waals surface area (Å²) >= 11 is 1.48. The maximum Gasteiger partial charge on any atom is 0.299 e. The van der Waals surface area contributed by atoms with Gasteiger partial charge in [-0.3, -0.25) is 0 Å². The molecule has 0 amide bonds. The first-order valence-corrected chi connectivity index (χ1v) is 6.93. The lowest BCUT2D eigenvalue weighted by Crippen LogP contribution is -2.04. The molecular weight excluding hydrogens is 246 g/mol. The van der Waals surface area contributed by atoms with Crippen LogP contribution in [-0.2, 0) is 19.4 Å². The quantitative estimate of drug-likeness (QED) is 0.918. The van der Waals surface area contributed by atoms with Crippen LogP contribution in [0.15, 0.2) is 18.2 Å². The maximum absolute atomic E-state index is 5.75. The van der Waals surface area contributed by atoms with Gasteiger partial charge in [0.05, 0.1) is 0 Å². The first kappa shape index (κ1) is 11.6. The smallest absolute Gasteiger partial charge is 0.299 e. The van der Waals surface area contributed by atoms with E-state index in [9.17, 15) is 0 Å². The van der Waals surface area contributed by atoms with E-state index in [0.29, 0.717) is 5.19 Å². The zero-order chi connectivity index (χ0) is 12.4. The van der Waals surface area contributed by atoms with Crippen LogP contribution in [0.1, 0.15) is 22.6 Å². The third kappa shape index (κ3) is 2.37. The van der Waals surface area contributed by atoms with E-state index in [2.05, 4.69) is 27.6 Å². The van der Waals surface area contributed by atoms with Gasteiger partial charge in [0.1, 0.15) is 10.8 Å². The van der Waals surface area contributed by atoms with Crippen LogP contribution < -0.4 is 10.1 Å². The van der Waals surface area contributed by atoms with Gasteiger partial charge in [-0.2, -0.15) is 0 Å². The number of aromatic nitrogens is 2. The Morgan fingerprint density at radius 3 is 3.06 bits per heavy atom. The summed E-state index contributed by atoms with van der Waals surface area (Å²) in [6.07, 6.45) is 3.61. The Morgan fingerprint density at radius 1 is 1.28 bits per heavy atom. The molecule has 0 bridgehead atoms. The number of benzene rings is 1. The van der Waals surface area contributed by atoms with Gasteiger partial charge < -0.3 is 10.1 Å². The Bertz CT molecular complexity index is 553. The fourth-order valence-corrected chi connectivity index (χ4v) is 2.93. The van der Waals surface area contributed by atoms with E-state index >= 15 is 0 Å². The molecule has 1 N–H and O–H groups in total. The Morgan fingerprint density at radius 2 is 2.17 bits per heavy atom. The van der Waals surface area contributed by atoms with Crippen LogP contribution in [-0.4, -0.2) is 17.2 Å². The van der Waals surface area contributed by atoms with E-state index in [4.69, 9.17) is 4.74 Å². The van der Waals surface area contributed by atoms with Gasteiger partial charge in [0, 0.05) is 6.54 Å². The molecule has 0 unspecified atom stereocenters. The predicted octanol–water partition coefficient (Wildman–Crippen LogP) is 2.54. The summed E-state index contributed by atoms with van der Waals surface area (Å²) in [6, 6.07) is 6.30. The van der Waals surface area contributed by atoms with E-state index in [1.807, 2.05) is 13.1 Å². The van der Waals surface area contributed by atoms with Crippen molar-refractivity contribution in [2.45, 2.75) is 25.8 Å². The summed E-state index contributed by atoms with van der Waals surface area (Å²) in [5, 5.41) is 12.7. The average Bonchev–Trinajstić information content (AvgIpc) is 2.98. The predicted molar refractivity (Wildman–Crippen MR) is 71.2 cm³/mol. The molecule has 94 valence electrons. The molecule has 0 saturated heterocycles. The zero-order valence-electron chi connectivity index (χ0n) is 10.3. The van der Waals surface area contributed by atoms with Crippen LogP contribution in [0.25, 0.3) is 0 Å². The Kier molecular flexibility index (Phi) is 3.25. The number of nitrogens with zero attached hydrogens (tertiary/aromatic N) is 2. The summed E-state index contributed by atoms with van der Waals surface area (Å²) in [6.45, 7) is 0.727. The largest absolute Gasteiger partial charge is 0.430 e. The van der Waals surface area contributed by atoms with Crippen molar-refractivity contribution in [1.82, 2.24) is 15.5 Å². The van der Waals surface area contributed by atoms with Gasteiger partial charge in [0.25, 0.3) is 5.19 Å². The van der Waals surface area contributed by atoms with Crippen molar-refractivity contribution in [2.24, 2.45) is 0 Å². The van der Waals surface area contributed by atoms with Crippen LogP contribution in [0.5, 0.6) is 10.9 Å². The molecule has 1 aromatic carbocycles. The van der Waals surface area contributed by atoms with Crippen molar-refractivity contribution in [1.29, 1.82) is 0 Å². The summed E-state index contributed by atoms with van der Waals surface area (Å²) < 4.78 is 5.75. The third-order valence-corrected chi connectivity index (χ3v) is 3.85. The fraction of sp³-hybridized carbons (Fsp3) is 0.385. The first-order valence-electron chi connectivity index (χ1n) is 6.12. The van der Waals surface area contributed by atoms with Gasteiger partial charge in [-0.15, -0.1) is 5.10 Å². The SMILES string of the molecule is CNCc1nnc(Oc2ccc3c(c2)CCC3)s1. The van der Waals surface area contributed by atoms with Crippen LogP contribution in [0.4, 0.5) is 0 Å². The monoisotopic (exact) mass is 261 g/mol. The lowest BCUT2D eigenvalue weighted by molar-refractivity contribution is 0.472. The number of hydrogen-bond donors (Lipinski definition) is 1. The molecule has 1 aliphatic rings. The first-order chi connectivity index (χ1) is 8.85. The normalized spacial score (nSPS) is 13.6. The molecule has 0 atom stereocenters. The standard InChI is InChI=1S/C13H15N3OS/c1-14-8-12-15-16-13(18-12)17-11-6-5-9-3-2-4-10(9)7-11/h5-7,14H,2-4,8H2,1H3. The molecule has 0 spiro atoms. The second-order valence-electron chi connectivity index (χ2n) is 4.38. The summed E-state index contributed by atoms with van der Waals surface area (Å²) in [5.41, 5.74) is 2.86. The highest BCUT2D eigenvalue weighted by atomic mass is 32.1. The van der Waals surface area contributed by atoms with Crippen molar-refractivity contribution >= 4 is 11.3 Å². The molecule has 18 heavy (non-hydrogen) atoms. The van der Waals surface area contributed by atoms with Crippen LogP contribution in [0.2, 0.25) is 0 Å². The van der Waals surface area contributed by atoms with Crippen LogP contribution in [0, 0.1) is 0 Å². The lowest BCUT2D eigenvalue weighted by atomic mass is 10.1. The highest BCUT2D eigenvalue weighted by Crippen LogP contribution is 2.30. The van der Waals surface area contributed by atoms with Gasteiger partial charge in [-0.1, -0.05) is 22.5 Å². The van der Waals surface area contributed by atoms with E-state index in [1.165, 1.54) is 35.3 Å². The molecular formula is C13H15N3OS. The second-order valence-corrected chi connectivity index (χ2v) is 5.40. The Labute approximate surface area is 110 Å². The number of ether oxygens (including phenoxy) is 1. The summed E-state index contributed by atoms with van der Waals surface area (Å²) in [5.74, 6) is 0.864. The van der Waals surface area contributed by atoms with Gasteiger partial charge in [0.2, 0.25) is 0 Å². The minimum Gasteiger partial charge on any atom is -0.430 e. The minimum absolute atomic E-state index is 0.609. The summed E-state index contributed by atoms with van der Waals surface area (Å²) in [4.78, 5) is 0. The topological polar surface area (TPSA) is 47.0 Å². The molecule has 1 aliphatic carbocycles. The highest BCUT2D eigenvalue weighted by Gasteiger charge is 2.12. The van der Waals surface area contributed by atoms with Gasteiger partial charge >= 0.3 is 0 Å². The molecule has 0 aliphatic heterocycles. The van der Waals surface area contributed by atoms with Crippen molar-refractivity contribution in [3.8, 4) is 10.9 Å². The van der Waals surface area contributed by atoms with Gasteiger partial charge in [-0.25, -0.2) is 0 Å². The third-order valence-electron chi connectivity index (χ3n) is 3.05. The van der Waals surface area contributed by atoms with Crippen LogP contribution in [0.3, 0.4) is 0 Å². The van der Waals surface area contributed by atoms with Crippen LogP contribution >= 0.6 is 11.3 Å². The minimum atomic E-state index is 0.609. The second kappa shape index (κ2) is 5.04. The van der Waals surface area contributed by atoms with Gasteiger partial charge in [0.15, 0.2) is 0 Å². The molecule has 5 heteroatoms. The van der Waals surface area contributed by atoms with Crippen molar-refractivity contribution < 1.29 is 4.74 Å². The number of fused-ring (bicyclic) bond motifs is 1. The van der Waals surface area contributed by atoms with Crippen molar-refractivity contribution in [2.75, 3.05) is 7.05 Å². The molecule has 0 fully saturated rings. The Hall–Kier alpha value is -1.46. The number of aryl methyl sites for hydroxylation is 2. The van der Waals surface area contributed by atoms with E-state index < -0.39 is 0 Å². The molecule has 1 aromatic heterocycles. The van der Waals surface area contributed by atoms with E-state index in [-0.39, 0.29) is 0 Å². The average molecular weight is 261 g/mol. The number of nitrogens with one attached hydrogen (secondary N) is 1. The zero-order valence-corrected chi connectivity index (χ0v) is 11.1. The molecule has 4 nitrogen and oxygen atoms in total.